The van der Waals surface area contributed by atoms with Gasteiger partial charge in [0.2, 0.25) is 11.8 Å². The highest BCUT2D eigenvalue weighted by Gasteiger charge is 2.64. The van der Waals surface area contributed by atoms with E-state index < -0.39 is 6.04 Å². The van der Waals surface area contributed by atoms with E-state index >= 15 is 0 Å². The molecule has 2 aromatic carbocycles. The molecule has 5 N–H and O–H groups in total. The van der Waals surface area contributed by atoms with Crippen LogP contribution in [0, 0.1) is 17.7 Å². The van der Waals surface area contributed by atoms with Crippen LogP contribution in [-0.2, 0) is 9.59 Å². The molecule has 208 valence electrons. The van der Waals surface area contributed by atoms with Crippen LogP contribution in [0.15, 0.2) is 60.0 Å². The number of nitrogens with two attached hydrogens (primary N) is 1. The van der Waals surface area contributed by atoms with Crippen LogP contribution in [0.25, 0.3) is 0 Å². The Hall–Kier alpha value is -4.18. The lowest BCUT2D eigenvalue weighted by atomic mass is 10.0. The Morgan fingerprint density at radius 3 is 2.58 bits per heavy atom. The van der Waals surface area contributed by atoms with Crippen molar-refractivity contribution in [3.8, 4) is 11.5 Å². The maximum absolute atomic E-state index is 13.3. The molecule has 2 aliphatic rings. The van der Waals surface area contributed by atoms with Crippen LogP contribution in [0.1, 0.15) is 59.1 Å². The average molecular weight is 560 g/mol. The highest BCUT2D eigenvalue weighted by molar-refractivity contribution is 7.10. The number of para-hydroxylation sites is 1. The van der Waals surface area contributed by atoms with E-state index in [9.17, 15) is 14.4 Å². The van der Waals surface area contributed by atoms with Gasteiger partial charge < -0.3 is 26.0 Å². The molecule has 9 nitrogen and oxygen atoms in total. The Balaban J connectivity index is 1.20. The van der Waals surface area contributed by atoms with E-state index in [0.717, 1.165) is 16.9 Å². The lowest BCUT2D eigenvalue weighted by molar-refractivity contribution is -0.139. The number of carbonyl (C=O) groups excluding carboxylic acids is 3. The van der Waals surface area contributed by atoms with Gasteiger partial charge in [-0.1, -0.05) is 25.1 Å². The molecular weight excluding hydrogens is 526 g/mol. The molecule has 1 aliphatic heterocycles. The number of amides is 3. The quantitative estimate of drug-likeness (QED) is 0.231. The zero-order valence-electron chi connectivity index (χ0n) is 22.7. The summed E-state index contributed by atoms with van der Waals surface area (Å²) in [6.07, 6.45) is 1.43. The third kappa shape index (κ3) is 5.58. The summed E-state index contributed by atoms with van der Waals surface area (Å²) in [5.41, 5.74) is 7.32. The minimum absolute atomic E-state index is 0.00863. The number of amidine groups is 1. The van der Waals surface area contributed by atoms with Gasteiger partial charge in [0, 0.05) is 27.4 Å². The molecule has 0 spiro atoms. The fourth-order valence-electron chi connectivity index (χ4n) is 5.33. The zero-order chi connectivity index (χ0) is 28.6. The first-order valence-corrected chi connectivity index (χ1v) is 14.1. The molecule has 2 heterocycles. The molecule has 1 aliphatic carbocycles. The largest absolute Gasteiger partial charge is 0.457 e. The fourth-order valence-corrected chi connectivity index (χ4v) is 6.25. The van der Waals surface area contributed by atoms with Crippen molar-refractivity contribution >= 4 is 34.9 Å². The van der Waals surface area contributed by atoms with Crippen LogP contribution in [-0.4, -0.2) is 47.1 Å². The van der Waals surface area contributed by atoms with Crippen molar-refractivity contribution in [2.24, 2.45) is 11.1 Å². The van der Waals surface area contributed by atoms with Crippen LogP contribution in [0.4, 0.5) is 0 Å². The number of benzene rings is 2. The van der Waals surface area contributed by atoms with Gasteiger partial charge in [-0.15, -0.1) is 11.3 Å². The van der Waals surface area contributed by atoms with Crippen LogP contribution in [0.5, 0.6) is 11.5 Å². The minimum Gasteiger partial charge on any atom is -0.457 e. The number of aryl methyl sites for hydroxylation is 1. The van der Waals surface area contributed by atoms with E-state index in [-0.39, 0.29) is 47.6 Å². The molecule has 3 amide bonds. The monoisotopic (exact) mass is 559 g/mol. The normalized spacial score (nSPS) is 21.7. The smallest absolute Gasteiger partial charge is 0.251 e. The Morgan fingerprint density at radius 2 is 1.90 bits per heavy atom. The first kappa shape index (κ1) is 27.4. The van der Waals surface area contributed by atoms with Gasteiger partial charge in [0.05, 0.1) is 12.6 Å². The maximum Gasteiger partial charge on any atom is 0.251 e. The van der Waals surface area contributed by atoms with Gasteiger partial charge in [0.25, 0.3) is 5.91 Å². The van der Waals surface area contributed by atoms with Gasteiger partial charge in [0.15, 0.2) is 0 Å². The van der Waals surface area contributed by atoms with Crippen LogP contribution < -0.4 is 21.1 Å². The van der Waals surface area contributed by atoms with Gasteiger partial charge in [0.1, 0.15) is 23.4 Å². The molecule has 0 bridgehead atoms. The zero-order valence-corrected chi connectivity index (χ0v) is 23.5. The van der Waals surface area contributed by atoms with Crippen molar-refractivity contribution in [2.45, 2.75) is 51.7 Å². The van der Waals surface area contributed by atoms with Crippen molar-refractivity contribution < 1.29 is 19.1 Å². The number of rotatable bonds is 9. The average Bonchev–Trinajstić information content (AvgIpc) is 3.26. The number of hydrogen-bond donors (Lipinski definition) is 4. The molecule has 1 unspecified atom stereocenters. The lowest BCUT2D eigenvalue weighted by Gasteiger charge is -2.28. The number of piperidine rings is 1. The molecule has 1 aromatic heterocycles. The second kappa shape index (κ2) is 10.8. The Labute approximate surface area is 237 Å². The van der Waals surface area contributed by atoms with E-state index in [1.165, 1.54) is 11.3 Å². The Kier molecular flexibility index (Phi) is 7.37. The standard InChI is InChI=1S/C30H33N5O4S/c1-17-11-19(9-10-23(17)39-21-7-5-4-6-8-21)28(37)33-15-26(36)35-22(13-30(3)14-25(30)35)29(38)34-18(2)24-12-20(16-40-24)27(31)32/h4-12,16,18,22,25H,13-15H2,1-3H3,(H3,31,32)(H,33,37)(H,34,38)/t18-,22+,25?,30+/m1/s1. The molecule has 0 radical (unpaired) electrons. The molecule has 2 fully saturated rings. The molecule has 4 atom stereocenters. The number of fused-ring (bicyclic) bond motifs is 1. The predicted octanol–water partition coefficient (Wildman–Crippen LogP) is 4.12. The summed E-state index contributed by atoms with van der Waals surface area (Å²) in [4.78, 5) is 42.0. The fraction of sp³-hybridized carbons (Fsp3) is 0.333. The van der Waals surface area contributed by atoms with Gasteiger partial charge in [-0.05, 0) is 74.1 Å². The van der Waals surface area contributed by atoms with Crippen molar-refractivity contribution in [1.82, 2.24) is 15.5 Å². The molecule has 10 heteroatoms. The Bertz CT molecular complexity index is 1470. The molecule has 5 rings (SSSR count). The van der Waals surface area contributed by atoms with E-state index in [2.05, 4.69) is 17.6 Å². The number of nitrogens with zero attached hydrogens (tertiary/aromatic N) is 1. The van der Waals surface area contributed by atoms with E-state index in [1.807, 2.05) is 44.2 Å². The number of likely N-dealkylation sites (tertiary alicyclic amines) is 1. The van der Waals surface area contributed by atoms with Gasteiger partial charge in [-0.3, -0.25) is 19.8 Å². The predicted molar refractivity (Wildman–Crippen MR) is 154 cm³/mol. The summed E-state index contributed by atoms with van der Waals surface area (Å²) in [5, 5.41) is 15.1. The summed E-state index contributed by atoms with van der Waals surface area (Å²) in [6.45, 7) is 5.63. The number of thiophene rings is 1. The minimum atomic E-state index is -0.598. The highest BCUT2D eigenvalue weighted by Crippen LogP contribution is 2.59. The Morgan fingerprint density at radius 1 is 1.15 bits per heavy atom. The van der Waals surface area contributed by atoms with Gasteiger partial charge in [-0.2, -0.15) is 0 Å². The van der Waals surface area contributed by atoms with Crippen LogP contribution in [0.2, 0.25) is 0 Å². The summed E-state index contributed by atoms with van der Waals surface area (Å²) >= 11 is 1.43. The van der Waals surface area contributed by atoms with Crippen molar-refractivity contribution in [1.29, 1.82) is 5.41 Å². The molecule has 40 heavy (non-hydrogen) atoms. The van der Waals surface area contributed by atoms with Crippen molar-refractivity contribution in [3.63, 3.8) is 0 Å². The number of carbonyl (C=O) groups is 3. The molecule has 3 aromatic rings. The van der Waals surface area contributed by atoms with Crippen molar-refractivity contribution in [2.75, 3.05) is 6.54 Å². The third-order valence-corrected chi connectivity index (χ3v) is 8.87. The summed E-state index contributed by atoms with van der Waals surface area (Å²) < 4.78 is 5.89. The second-order valence-electron chi connectivity index (χ2n) is 10.9. The van der Waals surface area contributed by atoms with Crippen molar-refractivity contribution in [3.05, 3.63) is 81.5 Å². The van der Waals surface area contributed by atoms with E-state index in [4.69, 9.17) is 15.9 Å². The van der Waals surface area contributed by atoms with E-state index in [0.29, 0.717) is 29.0 Å². The topological polar surface area (TPSA) is 138 Å². The second-order valence-corrected chi connectivity index (χ2v) is 11.8. The summed E-state index contributed by atoms with van der Waals surface area (Å²) in [7, 11) is 0. The maximum atomic E-state index is 13.3. The van der Waals surface area contributed by atoms with Crippen LogP contribution >= 0.6 is 11.3 Å². The first-order chi connectivity index (χ1) is 19.1. The number of ether oxygens (including phenoxy) is 1. The van der Waals surface area contributed by atoms with Crippen LogP contribution in [0.3, 0.4) is 0 Å². The summed E-state index contributed by atoms with van der Waals surface area (Å²) in [6, 6.07) is 15.4. The SMILES string of the molecule is Cc1cc(C(=O)NCC(=O)N2C3C[C@]3(C)C[C@H]2C(=O)N[C@H](C)c2cc(C(=N)N)cs2)ccc1Oc1ccccc1. The van der Waals surface area contributed by atoms with E-state index in [1.54, 1.807) is 34.5 Å². The molecule has 1 saturated heterocycles. The molecular formula is C30H33N5O4S. The number of hydrogen-bond acceptors (Lipinski definition) is 6. The first-order valence-electron chi connectivity index (χ1n) is 13.2. The number of nitrogen functional groups attached to an aromatic ring is 1. The molecule has 1 saturated carbocycles. The third-order valence-electron chi connectivity index (χ3n) is 7.75. The summed E-state index contributed by atoms with van der Waals surface area (Å²) in [5.74, 6) is 0.470. The highest BCUT2D eigenvalue weighted by atomic mass is 32.1. The lowest BCUT2D eigenvalue weighted by Crippen LogP contribution is -2.51. The van der Waals surface area contributed by atoms with Gasteiger partial charge in [-0.25, -0.2) is 0 Å². The van der Waals surface area contributed by atoms with Gasteiger partial charge >= 0.3 is 0 Å². The number of nitrogens with one attached hydrogen (secondary N) is 3.